The van der Waals surface area contributed by atoms with E-state index < -0.39 is 4.92 Å². The lowest BCUT2D eigenvalue weighted by molar-refractivity contribution is -0.389. The maximum atomic E-state index is 13.0. The SMILES string of the molecule is O=[N+]([O-])c1nn(CCN2CCC=C(F)C2)cc1Cl. The van der Waals surface area contributed by atoms with Crippen molar-refractivity contribution >= 4 is 17.4 Å². The Morgan fingerprint density at radius 2 is 2.33 bits per heavy atom. The second kappa shape index (κ2) is 5.45. The molecule has 0 aromatic carbocycles. The first-order valence-corrected chi connectivity index (χ1v) is 5.88. The van der Waals surface area contributed by atoms with Gasteiger partial charge in [-0.05, 0) is 11.3 Å². The molecule has 0 spiro atoms. The highest BCUT2D eigenvalue weighted by molar-refractivity contribution is 6.32. The van der Waals surface area contributed by atoms with E-state index in [0.717, 1.165) is 6.54 Å². The lowest BCUT2D eigenvalue weighted by atomic mass is 10.2. The Morgan fingerprint density at radius 1 is 1.56 bits per heavy atom. The van der Waals surface area contributed by atoms with Crippen LogP contribution in [-0.2, 0) is 6.54 Å². The molecule has 0 N–H and O–H groups in total. The fourth-order valence-corrected chi connectivity index (χ4v) is 2.04. The van der Waals surface area contributed by atoms with Crippen molar-refractivity contribution in [3.63, 3.8) is 0 Å². The quantitative estimate of drug-likeness (QED) is 0.622. The molecule has 1 aliphatic rings. The second-order valence-electron chi connectivity index (χ2n) is 4.04. The monoisotopic (exact) mass is 274 g/mol. The molecule has 0 saturated heterocycles. The number of rotatable bonds is 4. The third-order valence-corrected chi connectivity index (χ3v) is 2.97. The first-order chi connectivity index (χ1) is 8.56. The van der Waals surface area contributed by atoms with Crippen LogP contribution in [0, 0.1) is 10.1 Å². The largest absolute Gasteiger partial charge is 0.408 e. The summed E-state index contributed by atoms with van der Waals surface area (Å²) in [4.78, 5) is 11.9. The third-order valence-electron chi connectivity index (χ3n) is 2.70. The highest BCUT2D eigenvalue weighted by Gasteiger charge is 2.19. The molecule has 1 aromatic heterocycles. The van der Waals surface area contributed by atoms with Gasteiger partial charge in [-0.15, -0.1) is 0 Å². The number of halogens is 2. The lowest BCUT2D eigenvalue weighted by Crippen LogP contribution is -2.32. The molecule has 1 aliphatic heterocycles. The Kier molecular flexibility index (Phi) is 3.93. The van der Waals surface area contributed by atoms with Crippen LogP contribution in [0.2, 0.25) is 5.02 Å². The molecule has 0 radical (unpaired) electrons. The average Bonchev–Trinajstić information content (AvgIpc) is 2.68. The Bertz CT molecular complexity index is 488. The summed E-state index contributed by atoms with van der Waals surface area (Å²) in [6, 6.07) is 0. The van der Waals surface area contributed by atoms with Crippen LogP contribution in [-0.4, -0.2) is 39.2 Å². The van der Waals surface area contributed by atoms with Gasteiger partial charge in [0.05, 0.1) is 17.8 Å². The summed E-state index contributed by atoms with van der Waals surface area (Å²) in [5, 5.41) is 14.3. The Labute approximate surface area is 108 Å². The van der Waals surface area contributed by atoms with E-state index in [2.05, 4.69) is 5.10 Å². The van der Waals surface area contributed by atoms with E-state index in [9.17, 15) is 14.5 Å². The molecule has 0 saturated carbocycles. The van der Waals surface area contributed by atoms with Crippen molar-refractivity contribution in [3.05, 3.63) is 33.2 Å². The van der Waals surface area contributed by atoms with Crippen molar-refractivity contribution < 1.29 is 9.31 Å². The van der Waals surface area contributed by atoms with E-state index in [4.69, 9.17) is 11.6 Å². The lowest BCUT2D eigenvalue weighted by Gasteiger charge is -2.23. The molecule has 0 fully saturated rings. The predicted molar refractivity (Wildman–Crippen MR) is 64.1 cm³/mol. The van der Waals surface area contributed by atoms with Gasteiger partial charge in [0.1, 0.15) is 5.83 Å². The Hall–Kier alpha value is -1.47. The Morgan fingerprint density at radius 3 is 2.94 bits per heavy atom. The van der Waals surface area contributed by atoms with Gasteiger partial charge in [0.25, 0.3) is 0 Å². The van der Waals surface area contributed by atoms with Gasteiger partial charge in [-0.1, -0.05) is 17.7 Å². The fourth-order valence-electron chi connectivity index (χ4n) is 1.82. The number of hydrogen-bond donors (Lipinski definition) is 0. The smallest absolute Gasteiger partial charge is 0.358 e. The van der Waals surface area contributed by atoms with E-state index in [-0.39, 0.29) is 23.2 Å². The normalized spacial score (nSPS) is 16.7. The molecule has 0 bridgehead atoms. The van der Waals surface area contributed by atoms with Crippen molar-refractivity contribution in [2.75, 3.05) is 19.6 Å². The fraction of sp³-hybridized carbons (Fsp3) is 0.500. The van der Waals surface area contributed by atoms with Crippen molar-refractivity contribution in [1.29, 1.82) is 0 Å². The van der Waals surface area contributed by atoms with Gasteiger partial charge in [0.2, 0.25) is 0 Å². The van der Waals surface area contributed by atoms with E-state index in [1.165, 1.54) is 10.9 Å². The molecule has 0 amide bonds. The van der Waals surface area contributed by atoms with Gasteiger partial charge in [-0.25, -0.2) is 4.39 Å². The second-order valence-corrected chi connectivity index (χ2v) is 4.44. The molecule has 0 aliphatic carbocycles. The molecule has 98 valence electrons. The summed E-state index contributed by atoms with van der Waals surface area (Å²) >= 11 is 5.68. The maximum Gasteiger partial charge on any atom is 0.408 e. The summed E-state index contributed by atoms with van der Waals surface area (Å²) in [5.41, 5.74) is 0. The first kappa shape index (κ1) is 13.0. The molecule has 6 nitrogen and oxygen atoms in total. The van der Waals surface area contributed by atoms with Crippen molar-refractivity contribution in [2.45, 2.75) is 13.0 Å². The summed E-state index contributed by atoms with van der Waals surface area (Å²) in [7, 11) is 0. The summed E-state index contributed by atoms with van der Waals surface area (Å²) in [5.74, 6) is -0.480. The molecule has 0 unspecified atom stereocenters. The zero-order valence-electron chi connectivity index (χ0n) is 9.55. The number of aromatic nitrogens is 2. The molecule has 0 atom stereocenters. The van der Waals surface area contributed by atoms with E-state index >= 15 is 0 Å². The van der Waals surface area contributed by atoms with Crippen LogP contribution in [0.25, 0.3) is 0 Å². The minimum atomic E-state index is -0.623. The highest BCUT2D eigenvalue weighted by atomic mass is 35.5. The molecule has 18 heavy (non-hydrogen) atoms. The van der Waals surface area contributed by atoms with Gasteiger partial charge in [0, 0.05) is 19.6 Å². The van der Waals surface area contributed by atoms with Gasteiger partial charge in [-0.3, -0.25) is 4.90 Å². The average molecular weight is 275 g/mol. The predicted octanol–water partition coefficient (Wildman–Crippen LogP) is 2.00. The highest BCUT2D eigenvalue weighted by Crippen LogP contribution is 2.21. The number of nitro groups is 1. The maximum absolute atomic E-state index is 13.0. The topological polar surface area (TPSA) is 64.2 Å². The van der Waals surface area contributed by atoms with Gasteiger partial charge < -0.3 is 10.1 Å². The van der Waals surface area contributed by atoms with Crippen LogP contribution in [0.1, 0.15) is 6.42 Å². The molecule has 2 rings (SSSR count). The van der Waals surface area contributed by atoms with Crippen LogP contribution in [0.3, 0.4) is 0 Å². The van der Waals surface area contributed by atoms with Crippen LogP contribution < -0.4 is 0 Å². The van der Waals surface area contributed by atoms with Crippen molar-refractivity contribution in [2.24, 2.45) is 0 Å². The zero-order valence-corrected chi connectivity index (χ0v) is 10.3. The minimum absolute atomic E-state index is 0.0183. The first-order valence-electron chi connectivity index (χ1n) is 5.50. The van der Waals surface area contributed by atoms with Crippen molar-refractivity contribution in [1.82, 2.24) is 14.7 Å². The zero-order chi connectivity index (χ0) is 13.1. The number of nitrogens with zero attached hydrogens (tertiary/aromatic N) is 4. The van der Waals surface area contributed by atoms with Gasteiger partial charge >= 0.3 is 5.82 Å². The van der Waals surface area contributed by atoms with E-state index in [1.54, 1.807) is 6.08 Å². The summed E-state index contributed by atoms with van der Waals surface area (Å²) < 4.78 is 14.4. The third kappa shape index (κ3) is 3.05. The standard InChI is InChI=1S/C10H12ClFN4O2/c11-9-7-15(13-10(9)16(17)18)5-4-14-3-1-2-8(12)6-14/h2,7H,1,3-6H2. The molecule has 1 aromatic rings. The van der Waals surface area contributed by atoms with Crippen molar-refractivity contribution in [3.8, 4) is 0 Å². The van der Waals surface area contributed by atoms with Crippen LogP contribution in [0.15, 0.2) is 18.1 Å². The minimum Gasteiger partial charge on any atom is -0.358 e. The molecule has 8 heteroatoms. The Balaban J connectivity index is 1.92. The van der Waals surface area contributed by atoms with Crippen LogP contribution >= 0.6 is 11.6 Å². The van der Waals surface area contributed by atoms with Crippen LogP contribution in [0.4, 0.5) is 10.2 Å². The molecule has 2 heterocycles. The molecular weight excluding hydrogens is 263 g/mol. The number of hydrogen-bond acceptors (Lipinski definition) is 4. The summed E-state index contributed by atoms with van der Waals surface area (Å²) in [6.07, 6.45) is 3.67. The molecular formula is C10H12ClFN4O2. The van der Waals surface area contributed by atoms with Crippen LogP contribution in [0.5, 0.6) is 0 Å². The summed E-state index contributed by atoms with van der Waals surface area (Å²) in [6.45, 7) is 2.10. The van der Waals surface area contributed by atoms with E-state index in [1.807, 2.05) is 4.90 Å². The van der Waals surface area contributed by atoms with Gasteiger partial charge in [-0.2, -0.15) is 4.68 Å². The van der Waals surface area contributed by atoms with Gasteiger partial charge in [0.15, 0.2) is 5.02 Å². The van der Waals surface area contributed by atoms with E-state index in [0.29, 0.717) is 19.5 Å².